The summed E-state index contributed by atoms with van der Waals surface area (Å²) in [6.07, 6.45) is 6.83. The molecule has 0 bridgehead atoms. The highest BCUT2D eigenvalue weighted by atomic mass is 16.2. The van der Waals surface area contributed by atoms with E-state index in [1.165, 1.54) is 35.3 Å². The lowest BCUT2D eigenvalue weighted by atomic mass is 9.80. The maximum absolute atomic E-state index is 12.1. The van der Waals surface area contributed by atoms with Crippen molar-refractivity contribution in [2.45, 2.75) is 37.6 Å². The molecule has 1 spiro atoms. The van der Waals surface area contributed by atoms with Crippen molar-refractivity contribution < 1.29 is 9.59 Å². The van der Waals surface area contributed by atoms with Crippen LogP contribution in [0.1, 0.15) is 36.8 Å². The maximum Gasteiger partial charge on any atom is 0.305 e. The summed E-state index contributed by atoms with van der Waals surface area (Å²) in [6.45, 7) is 0. The van der Waals surface area contributed by atoms with Gasteiger partial charge in [0, 0.05) is 22.9 Å². The first kappa shape index (κ1) is 15.8. The number of benzene rings is 2. The summed E-state index contributed by atoms with van der Waals surface area (Å²) < 4.78 is 0. The Morgan fingerprint density at radius 1 is 1.12 bits per heavy atom. The van der Waals surface area contributed by atoms with Gasteiger partial charge in [-0.05, 0) is 35.6 Å². The number of nitrogens with one attached hydrogen (secondary N) is 2. The average molecular weight is 335 g/mol. The van der Waals surface area contributed by atoms with Crippen LogP contribution in [0.5, 0.6) is 0 Å². The minimum Gasteiger partial charge on any atom is -0.379 e. The Bertz CT molecular complexity index is 895. The molecular formula is C20H21N3O2. The lowest BCUT2D eigenvalue weighted by molar-refractivity contribution is -0.135. The third-order valence-electron chi connectivity index (χ3n) is 5.44. The largest absolute Gasteiger partial charge is 0.379 e. The van der Waals surface area contributed by atoms with Gasteiger partial charge in [0.25, 0.3) is 0 Å². The van der Waals surface area contributed by atoms with Crippen LogP contribution in [0.3, 0.4) is 0 Å². The average Bonchev–Trinajstić information content (AvgIpc) is 3.08. The van der Waals surface area contributed by atoms with E-state index in [0.29, 0.717) is 0 Å². The molecule has 1 aliphatic heterocycles. The molecular weight excluding hydrogens is 314 g/mol. The number of ketones is 1. The molecule has 0 aromatic heterocycles. The topological polar surface area (TPSA) is 84.2 Å². The Kier molecular flexibility index (Phi) is 3.81. The Labute approximate surface area is 146 Å². The van der Waals surface area contributed by atoms with Gasteiger partial charge in [0.1, 0.15) is 0 Å². The van der Waals surface area contributed by atoms with E-state index in [4.69, 9.17) is 5.84 Å². The van der Waals surface area contributed by atoms with E-state index in [1.807, 2.05) is 23.6 Å². The van der Waals surface area contributed by atoms with Crippen molar-refractivity contribution in [1.82, 2.24) is 10.7 Å². The zero-order valence-electron chi connectivity index (χ0n) is 14.0. The van der Waals surface area contributed by atoms with Gasteiger partial charge in [0.2, 0.25) is 5.78 Å². The van der Waals surface area contributed by atoms with Crippen molar-refractivity contribution in [2.24, 2.45) is 5.84 Å². The van der Waals surface area contributed by atoms with Gasteiger partial charge in [0.15, 0.2) is 0 Å². The van der Waals surface area contributed by atoms with Crippen molar-refractivity contribution in [3.05, 3.63) is 53.6 Å². The van der Waals surface area contributed by atoms with Crippen LogP contribution in [-0.4, -0.2) is 17.2 Å². The fraction of sp³-hybridized carbons (Fsp3) is 0.300. The van der Waals surface area contributed by atoms with Gasteiger partial charge in [-0.25, -0.2) is 5.84 Å². The van der Waals surface area contributed by atoms with Crippen molar-refractivity contribution in [1.29, 1.82) is 0 Å². The molecule has 2 aromatic rings. The van der Waals surface area contributed by atoms with E-state index in [1.54, 1.807) is 0 Å². The number of rotatable bonds is 2. The number of nitrogens with two attached hydrogens (primary N) is 1. The Balaban J connectivity index is 1.88. The molecule has 25 heavy (non-hydrogen) atoms. The van der Waals surface area contributed by atoms with Crippen molar-refractivity contribution >= 4 is 28.2 Å². The van der Waals surface area contributed by atoms with Crippen LogP contribution < -0.4 is 16.6 Å². The first-order valence-electron chi connectivity index (χ1n) is 8.68. The zero-order chi connectivity index (χ0) is 17.4. The van der Waals surface area contributed by atoms with Gasteiger partial charge in [0.05, 0.1) is 0 Å². The van der Waals surface area contributed by atoms with Crippen LogP contribution in [0.15, 0.2) is 42.5 Å². The monoisotopic (exact) mass is 335 g/mol. The normalized spacial score (nSPS) is 19.6. The molecule has 2 aromatic carbocycles. The molecule has 4 rings (SSSR count). The summed E-state index contributed by atoms with van der Waals surface area (Å²) >= 11 is 0. The van der Waals surface area contributed by atoms with Gasteiger partial charge in [-0.1, -0.05) is 49.2 Å². The molecule has 1 saturated carbocycles. The van der Waals surface area contributed by atoms with Crippen molar-refractivity contribution in [3.63, 3.8) is 0 Å². The fourth-order valence-electron chi connectivity index (χ4n) is 4.25. The molecule has 128 valence electrons. The lowest BCUT2D eigenvalue weighted by Gasteiger charge is -2.39. The van der Waals surface area contributed by atoms with Crippen LogP contribution in [0.2, 0.25) is 0 Å². The summed E-state index contributed by atoms with van der Waals surface area (Å²) in [5, 5.41) is 5.99. The third-order valence-corrected chi connectivity index (χ3v) is 5.44. The Morgan fingerprint density at radius 2 is 1.88 bits per heavy atom. The standard InChI is InChI=1S/C20H21N3O2/c21-23-19(25)18(24)11-17-15-8-7-13-5-1-2-6-14(13)16(15)12-20(22-17)9-3-4-10-20/h1-2,5-8,11,22H,3-4,9-10,12,21H2,(H,23,25)/b17-11-. The van der Waals surface area contributed by atoms with E-state index >= 15 is 0 Å². The van der Waals surface area contributed by atoms with Gasteiger partial charge >= 0.3 is 5.91 Å². The van der Waals surface area contributed by atoms with E-state index in [0.717, 1.165) is 30.5 Å². The molecule has 1 fully saturated rings. The van der Waals surface area contributed by atoms with Crippen molar-refractivity contribution in [3.8, 4) is 0 Å². The zero-order valence-corrected chi connectivity index (χ0v) is 14.0. The number of carbonyl (C=O) groups excluding carboxylic acids is 2. The van der Waals surface area contributed by atoms with Gasteiger partial charge in [-0.3, -0.25) is 15.0 Å². The van der Waals surface area contributed by atoms with E-state index < -0.39 is 11.7 Å². The SMILES string of the molecule is NNC(=O)C(=O)/C=C1\NC2(CCCC2)Cc2c1ccc1ccccc21. The molecule has 1 aliphatic carbocycles. The molecule has 1 heterocycles. The van der Waals surface area contributed by atoms with Gasteiger partial charge in [-0.15, -0.1) is 0 Å². The molecule has 5 heteroatoms. The van der Waals surface area contributed by atoms with Crippen molar-refractivity contribution in [2.75, 3.05) is 0 Å². The molecule has 1 amide bonds. The summed E-state index contributed by atoms with van der Waals surface area (Å²) in [5.74, 6) is 3.65. The highest BCUT2D eigenvalue weighted by Crippen LogP contribution is 2.42. The molecule has 0 atom stereocenters. The maximum atomic E-state index is 12.1. The van der Waals surface area contributed by atoms with Crippen LogP contribution in [0.4, 0.5) is 0 Å². The number of carbonyl (C=O) groups is 2. The summed E-state index contributed by atoms with van der Waals surface area (Å²) in [7, 11) is 0. The second-order valence-electron chi connectivity index (χ2n) is 7.00. The first-order chi connectivity index (χ1) is 12.1. The molecule has 4 N–H and O–H groups in total. The predicted molar refractivity (Wildman–Crippen MR) is 97.3 cm³/mol. The number of amides is 1. The smallest absolute Gasteiger partial charge is 0.305 e. The summed E-state index contributed by atoms with van der Waals surface area (Å²) in [6, 6.07) is 12.4. The van der Waals surface area contributed by atoms with Crippen LogP contribution >= 0.6 is 0 Å². The Morgan fingerprint density at radius 3 is 2.64 bits per heavy atom. The van der Waals surface area contributed by atoms with E-state index in [-0.39, 0.29) is 5.54 Å². The highest BCUT2D eigenvalue weighted by molar-refractivity contribution is 6.41. The number of hydrazine groups is 1. The van der Waals surface area contributed by atoms with Gasteiger partial charge < -0.3 is 5.32 Å². The molecule has 0 radical (unpaired) electrons. The third kappa shape index (κ3) is 2.70. The first-order valence-corrected chi connectivity index (χ1v) is 8.68. The Hall–Kier alpha value is -2.66. The summed E-state index contributed by atoms with van der Waals surface area (Å²) in [4.78, 5) is 23.7. The van der Waals surface area contributed by atoms with Crippen LogP contribution in [-0.2, 0) is 16.0 Å². The quantitative estimate of drug-likeness (QED) is 0.258. The van der Waals surface area contributed by atoms with Gasteiger partial charge in [-0.2, -0.15) is 0 Å². The number of fused-ring (bicyclic) bond motifs is 3. The molecule has 0 unspecified atom stereocenters. The highest BCUT2D eigenvalue weighted by Gasteiger charge is 2.39. The molecule has 2 aliphatic rings. The lowest BCUT2D eigenvalue weighted by Crippen LogP contribution is -2.47. The second kappa shape index (κ2) is 6.01. The molecule has 5 nitrogen and oxygen atoms in total. The second-order valence-corrected chi connectivity index (χ2v) is 7.00. The number of hydrogen-bond acceptors (Lipinski definition) is 4. The fourth-order valence-corrected chi connectivity index (χ4v) is 4.25. The van der Waals surface area contributed by atoms with Crippen LogP contribution in [0, 0.1) is 0 Å². The van der Waals surface area contributed by atoms with E-state index in [9.17, 15) is 9.59 Å². The van der Waals surface area contributed by atoms with Crippen LogP contribution in [0.25, 0.3) is 16.5 Å². The van der Waals surface area contributed by atoms with E-state index in [2.05, 4.69) is 23.5 Å². The summed E-state index contributed by atoms with van der Waals surface area (Å²) in [5.41, 5.74) is 4.86. The minimum absolute atomic E-state index is 0.0254. The minimum atomic E-state index is -0.803. The number of hydrogen-bond donors (Lipinski definition) is 3. The predicted octanol–water partition coefficient (Wildman–Crippen LogP) is 2.20. The molecule has 0 saturated heterocycles.